The first-order chi connectivity index (χ1) is 24.5. The van der Waals surface area contributed by atoms with Crippen LogP contribution in [0.4, 0.5) is 0 Å². The quantitative estimate of drug-likeness (QED) is 0.0836. The molecule has 0 saturated carbocycles. The van der Waals surface area contributed by atoms with Gasteiger partial charge in [0.1, 0.15) is 34.2 Å². The van der Waals surface area contributed by atoms with E-state index in [1.54, 1.807) is 27.3 Å². The number of aryl methyl sites for hydroxylation is 1. The molecule has 0 amide bonds. The van der Waals surface area contributed by atoms with Crippen molar-refractivity contribution < 1.29 is 79.6 Å². The number of imidazole rings is 1. The zero-order valence-electron chi connectivity index (χ0n) is 30.5. The molecule has 53 heavy (non-hydrogen) atoms. The molecular formula is C27H49B2N4O16P4+. The molecule has 3 saturated heterocycles. The Labute approximate surface area is 309 Å². The van der Waals surface area contributed by atoms with Crippen LogP contribution in [0.1, 0.15) is 33.9 Å². The zero-order chi connectivity index (χ0) is 39.3. The van der Waals surface area contributed by atoms with Crippen LogP contribution in [-0.2, 0) is 57.4 Å². The maximum absolute atomic E-state index is 12.9. The minimum absolute atomic E-state index is 0.112. The van der Waals surface area contributed by atoms with Gasteiger partial charge in [0.05, 0.1) is 51.4 Å². The highest BCUT2D eigenvalue weighted by molar-refractivity contribution is 7.74. The van der Waals surface area contributed by atoms with Crippen molar-refractivity contribution >= 4 is 63.7 Å². The van der Waals surface area contributed by atoms with Crippen molar-refractivity contribution in [2.24, 2.45) is 30.7 Å². The van der Waals surface area contributed by atoms with E-state index in [1.165, 1.54) is 6.33 Å². The molecule has 298 valence electrons. The summed E-state index contributed by atoms with van der Waals surface area (Å²) in [6.07, 6.45) is 3.68. The molecule has 5 N–H and O–H groups in total. The molecule has 16 unspecified atom stereocenters. The number of phosphoric ester groups is 1. The molecule has 2 aromatic rings. The van der Waals surface area contributed by atoms with E-state index >= 15 is 0 Å². The van der Waals surface area contributed by atoms with Crippen LogP contribution in [0.25, 0.3) is 11.2 Å². The Morgan fingerprint density at radius 1 is 0.868 bits per heavy atom. The maximum atomic E-state index is 12.9. The number of fused-ring (bicyclic) bond motifs is 1. The maximum Gasteiger partial charge on any atom is 0.479 e. The summed E-state index contributed by atoms with van der Waals surface area (Å²) in [5, 5.41) is 10.4. The Kier molecular flexibility index (Phi) is 13.5. The monoisotopic (exact) mass is 831 g/mol. The van der Waals surface area contributed by atoms with Gasteiger partial charge in [0.2, 0.25) is 25.6 Å². The van der Waals surface area contributed by atoms with Gasteiger partial charge >= 0.3 is 23.0 Å². The molecule has 3 aliphatic heterocycles. The Morgan fingerprint density at radius 3 is 2.15 bits per heavy atom. The second-order valence-electron chi connectivity index (χ2n) is 14.2. The van der Waals surface area contributed by atoms with Crippen molar-refractivity contribution in [1.29, 1.82) is 0 Å². The first kappa shape index (κ1) is 43.3. The fourth-order valence-corrected chi connectivity index (χ4v) is 12.8. The van der Waals surface area contributed by atoms with Gasteiger partial charge in [-0.15, -0.1) is 0 Å². The summed E-state index contributed by atoms with van der Waals surface area (Å²) in [5.41, 5.74) is 1.37. The summed E-state index contributed by atoms with van der Waals surface area (Å²) < 4.78 is 85.8. The van der Waals surface area contributed by atoms with E-state index in [0.29, 0.717) is 5.65 Å². The average Bonchev–Trinajstić information content (AvgIpc) is 3.71. The van der Waals surface area contributed by atoms with Crippen molar-refractivity contribution in [2.75, 3.05) is 25.7 Å². The molecule has 2 aromatic heterocycles. The molecule has 20 nitrogen and oxygen atoms in total. The second kappa shape index (κ2) is 16.6. The van der Waals surface area contributed by atoms with Gasteiger partial charge in [0.25, 0.3) is 5.65 Å². The van der Waals surface area contributed by atoms with Crippen LogP contribution >= 0.6 is 30.6 Å². The first-order valence-electron chi connectivity index (χ1n) is 17.1. The van der Waals surface area contributed by atoms with Crippen molar-refractivity contribution in [3.63, 3.8) is 0 Å². The van der Waals surface area contributed by atoms with Crippen molar-refractivity contribution in [2.45, 2.75) is 76.4 Å². The Balaban J connectivity index is 1.13. The van der Waals surface area contributed by atoms with E-state index in [2.05, 4.69) is 20.6 Å². The molecule has 3 aliphatic rings. The summed E-state index contributed by atoms with van der Waals surface area (Å²) in [6, 6.07) is -0.695. The van der Waals surface area contributed by atoms with Crippen molar-refractivity contribution in [1.82, 2.24) is 14.5 Å². The highest BCUT2D eigenvalue weighted by Gasteiger charge is 2.48. The third kappa shape index (κ3) is 10.4. The highest BCUT2D eigenvalue weighted by Crippen LogP contribution is 2.66. The lowest BCUT2D eigenvalue weighted by Gasteiger charge is -2.29. The van der Waals surface area contributed by atoms with Crippen LogP contribution in [0.2, 0.25) is 0 Å². The molecule has 0 aromatic carbocycles. The fourth-order valence-electron chi connectivity index (χ4n) is 6.65. The molecular weight excluding hydrogens is 782 g/mol. The number of hydrogen-bond donors (Lipinski definition) is 5. The van der Waals surface area contributed by atoms with Gasteiger partial charge in [-0.05, 0) is 12.2 Å². The van der Waals surface area contributed by atoms with E-state index in [-0.39, 0.29) is 36.3 Å². The molecule has 26 heteroatoms. The zero-order valence-corrected chi connectivity index (χ0v) is 34.1. The summed E-state index contributed by atoms with van der Waals surface area (Å²) >= 11 is 0. The lowest BCUT2D eigenvalue weighted by molar-refractivity contribution is -0.646. The standard InChI is InChI=1S/C27H48B2N4O16P4/c1-14-15(2)27(33-12-32(5)18-7-30-11-31-26(18)33)47-19(14)8-44-53(40,41)49-52(38,39)13-51(36,37)43-10-21-23(17(4)25(29)46-21)48-50(6,35)42-9-20-22(34)16(3)24(28)45-20/h7,11-12,14-17,19-25,27,34H,6,8-10,13,28-29H2,1-5H3,(H3-,35,36,37,38,39,40,41)/p+1. The number of ether oxygens (including phenoxy) is 3. The predicted octanol–water partition coefficient (Wildman–Crippen LogP) is -0.158. The average molecular weight is 831 g/mol. The van der Waals surface area contributed by atoms with E-state index < -0.39 is 92.4 Å². The van der Waals surface area contributed by atoms with Crippen molar-refractivity contribution in [3.8, 4) is 0 Å². The van der Waals surface area contributed by atoms with E-state index in [4.69, 9.17) is 32.3 Å². The highest BCUT2D eigenvalue weighted by atomic mass is 31.3. The first-order valence-corrected chi connectivity index (χ1v) is 23.8. The van der Waals surface area contributed by atoms with Gasteiger partial charge in [-0.3, -0.25) is 13.7 Å². The summed E-state index contributed by atoms with van der Waals surface area (Å²) in [7, 11) is -14.0. The second-order valence-corrected chi connectivity index (χ2v) is 21.7. The van der Waals surface area contributed by atoms with Crippen LogP contribution in [-0.4, -0.2) is 129 Å². The normalized spacial score (nSPS) is 38.0. The minimum atomic E-state index is -5.28. The van der Waals surface area contributed by atoms with Gasteiger partial charge in [0.15, 0.2) is 5.90 Å². The van der Waals surface area contributed by atoms with Gasteiger partial charge < -0.3 is 52.5 Å². The minimum Gasteiger partial charge on any atom is -0.390 e. The van der Waals surface area contributed by atoms with E-state index in [1.807, 2.05) is 44.8 Å². The molecule has 5 rings (SSSR count). The van der Waals surface area contributed by atoms with Crippen LogP contribution in [0.5, 0.6) is 0 Å². The third-order valence-electron chi connectivity index (χ3n) is 10.3. The smallest absolute Gasteiger partial charge is 0.390 e. The SMILES string of the molecule is BC1OC(COP(=C)(O)OC2C(COP(=O)(O)CP(=O)(O)OP(=O)(O)OCC3OC(n4c[n+](C)c5cncnc54)C(C)C3C)OC(B)C2C)C(O)C1C. The summed E-state index contributed by atoms with van der Waals surface area (Å²) in [4.78, 5) is 50.4. The van der Waals surface area contributed by atoms with Crippen LogP contribution in [0, 0.1) is 23.7 Å². The number of hydrogen-bond acceptors (Lipinski definition) is 15. The molecule has 3 fully saturated rings. The largest absolute Gasteiger partial charge is 0.479 e. The third-order valence-corrected chi connectivity index (χ3v) is 17.1. The predicted molar refractivity (Wildman–Crippen MR) is 194 cm³/mol. The number of aromatic nitrogens is 4. The van der Waals surface area contributed by atoms with Crippen LogP contribution in [0.3, 0.4) is 0 Å². The summed E-state index contributed by atoms with van der Waals surface area (Å²) in [6.45, 7) is 6.00. The number of phosphoric acid groups is 1. The van der Waals surface area contributed by atoms with Gasteiger partial charge in [-0.25, -0.2) is 18.4 Å². The molecule has 0 bridgehead atoms. The molecule has 0 spiro atoms. The lowest BCUT2D eigenvalue weighted by Crippen LogP contribution is -2.33. The Morgan fingerprint density at radius 2 is 1.49 bits per heavy atom. The van der Waals surface area contributed by atoms with Gasteiger partial charge in [-0.1, -0.05) is 27.7 Å². The lowest BCUT2D eigenvalue weighted by atomic mass is 9.86. The van der Waals surface area contributed by atoms with Crippen molar-refractivity contribution in [3.05, 3.63) is 18.9 Å². The molecule has 16 atom stereocenters. The van der Waals surface area contributed by atoms with E-state index in [9.17, 15) is 38.4 Å². The van der Waals surface area contributed by atoms with Crippen LogP contribution < -0.4 is 4.57 Å². The molecule has 5 heterocycles. The number of rotatable bonds is 16. The van der Waals surface area contributed by atoms with E-state index in [0.717, 1.165) is 5.52 Å². The molecule has 0 radical (unpaired) electrons. The summed E-state index contributed by atoms with van der Waals surface area (Å²) in [5.74, 6) is -2.41. The Bertz CT molecular complexity index is 1810. The molecule has 0 aliphatic carbocycles. The number of nitrogens with zero attached hydrogens (tertiary/aromatic N) is 4. The Hall–Kier alpha value is -0.850. The van der Waals surface area contributed by atoms with Gasteiger partial charge in [0, 0.05) is 29.8 Å². The van der Waals surface area contributed by atoms with Gasteiger partial charge in [-0.2, -0.15) is 9.55 Å². The van der Waals surface area contributed by atoms with Crippen LogP contribution in [0.15, 0.2) is 18.9 Å². The number of aliphatic hydroxyl groups excluding tert-OH is 1. The number of aliphatic hydroxyl groups is 1. The fraction of sp³-hybridized carbons (Fsp3) is 0.778. The topological polar surface area (TPSA) is 261 Å².